The lowest BCUT2D eigenvalue weighted by atomic mass is 10.1. The van der Waals surface area contributed by atoms with Gasteiger partial charge in [-0.05, 0) is 42.2 Å². The monoisotopic (exact) mass is 397 g/mol. The number of carbonyl (C=O) groups excluding carboxylic acids is 1. The molecule has 28 heavy (non-hydrogen) atoms. The Labute approximate surface area is 169 Å². The molecule has 146 valence electrons. The molecule has 0 atom stereocenters. The van der Waals surface area contributed by atoms with Crippen LogP contribution in [0.3, 0.4) is 0 Å². The maximum atomic E-state index is 12.2. The summed E-state index contributed by atoms with van der Waals surface area (Å²) in [5.41, 5.74) is 3.20. The average Bonchev–Trinajstić information content (AvgIpc) is 3.07. The molecule has 0 saturated carbocycles. The Morgan fingerprint density at radius 1 is 1.14 bits per heavy atom. The van der Waals surface area contributed by atoms with Crippen molar-refractivity contribution in [1.82, 2.24) is 4.90 Å². The number of hydrogen-bond donors (Lipinski definition) is 0. The number of amidine groups is 1. The summed E-state index contributed by atoms with van der Waals surface area (Å²) in [7, 11) is 3.22. The minimum absolute atomic E-state index is 0.0512. The first-order chi connectivity index (χ1) is 13.6. The molecule has 0 aromatic heterocycles. The van der Waals surface area contributed by atoms with Crippen LogP contribution in [0, 0.1) is 6.92 Å². The van der Waals surface area contributed by atoms with Crippen LogP contribution < -0.4 is 9.47 Å². The van der Waals surface area contributed by atoms with Gasteiger partial charge in [0.25, 0.3) is 0 Å². The summed E-state index contributed by atoms with van der Waals surface area (Å²) in [5.74, 6) is 1.81. The van der Waals surface area contributed by atoms with Gasteiger partial charge in [-0.15, -0.1) is 5.10 Å². The number of carbonyl (C=O) groups is 1. The fourth-order valence-electron chi connectivity index (χ4n) is 2.84. The van der Waals surface area contributed by atoms with Crippen LogP contribution in [0.1, 0.15) is 16.7 Å². The number of ether oxygens (including phenoxy) is 2. The van der Waals surface area contributed by atoms with E-state index in [0.717, 1.165) is 16.7 Å². The van der Waals surface area contributed by atoms with Gasteiger partial charge in [0, 0.05) is 6.54 Å². The number of hydrogen-bond acceptors (Lipinski definition) is 6. The van der Waals surface area contributed by atoms with E-state index in [2.05, 4.69) is 10.2 Å². The molecule has 1 aliphatic rings. The maximum absolute atomic E-state index is 12.2. The highest BCUT2D eigenvalue weighted by Crippen LogP contribution is 2.28. The second-order valence-electron chi connectivity index (χ2n) is 6.26. The first-order valence-corrected chi connectivity index (χ1v) is 9.91. The quantitative estimate of drug-likeness (QED) is 0.530. The van der Waals surface area contributed by atoms with Crippen LogP contribution in [0.4, 0.5) is 0 Å². The van der Waals surface area contributed by atoms with Crippen molar-refractivity contribution in [3.8, 4) is 11.5 Å². The summed E-state index contributed by atoms with van der Waals surface area (Å²) in [4.78, 5) is 13.9. The predicted octanol–water partition coefficient (Wildman–Crippen LogP) is 3.52. The molecule has 0 spiro atoms. The third-order valence-electron chi connectivity index (χ3n) is 4.46. The summed E-state index contributed by atoms with van der Waals surface area (Å²) in [6.45, 7) is 2.57. The highest BCUT2D eigenvalue weighted by Gasteiger charge is 2.28. The van der Waals surface area contributed by atoms with Crippen molar-refractivity contribution in [3.05, 3.63) is 59.2 Å². The fraction of sp³-hybridized carbons (Fsp3) is 0.286. The van der Waals surface area contributed by atoms with Crippen LogP contribution in [0.25, 0.3) is 0 Å². The van der Waals surface area contributed by atoms with Crippen LogP contribution in [-0.4, -0.2) is 48.7 Å². The lowest BCUT2D eigenvalue weighted by molar-refractivity contribution is -0.124. The number of amides is 1. The normalized spacial score (nSPS) is 15.6. The molecule has 1 aliphatic heterocycles. The highest BCUT2D eigenvalue weighted by atomic mass is 32.2. The number of nitrogens with zero attached hydrogens (tertiary/aromatic N) is 3. The molecule has 0 aliphatic carbocycles. The molecule has 0 radical (unpaired) electrons. The predicted molar refractivity (Wildman–Crippen MR) is 114 cm³/mol. The Kier molecular flexibility index (Phi) is 6.71. The third-order valence-corrected chi connectivity index (χ3v) is 5.41. The number of benzene rings is 2. The Morgan fingerprint density at radius 2 is 1.93 bits per heavy atom. The summed E-state index contributed by atoms with van der Waals surface area (Å²) in [6.07, 6.45) is 2.41. The Balaban J connectivity index is 1.68. The van der Waals surface area contributed by atoms with Crippen LogP contribution in [0.15, 0.2) is 52.7 Å². The van der Waals surface area contributed by atoms with Gasteiger partial charge in [0.2, 0.25) is 5.91 Å². The molecule has 2 aromatic rings. The van der Waals surface area contributed by atoms with Gasteiger partial charge in [-0.1, -0.05) is 42.1 Å². The smallest absolute Gasteiger partial charge is 0.239 e. The molecule has 3 rings (SSSR count). The van der Waals surface area contributed by atoms with Crippen molar-refractivity contribution in [2.24, 2.45) is 10.2 Å². The summed E-state index contributed by atoms with van der Waals surface area (Å²) in [6, 6.07) is 13.7. The zero-order chi connectivity index (χ0) is 19.9. The standard InChI is InChI=1S/C21H23N3O3S/c1-15-6-4-5-7-17(15)13-22-23-21-24(20(25)14-28-21)11-10-16-8-9-18(26-2)19(12-16)27-3/h4-9,12-13H,10-11,14H2,1-3H3/b22-13+,23-21-. The summed E-state index contributed by atoms with van der Waals surface area (Å²) < 4.78 is 10.6. The third kappa shape index (κ3) is 4.72. The van der Waals surface area contributed by atoms with E-state index in [4.69, 9.17) is 9.47 Å². The average molecular weight is 398 g/mol. The van der Waals surface area contributed by atoms with E-state index in [1.165, 1.54) is 11.8 Å². The van der Waals surface area contributed by atoms with Crippen molar-refractivity contribution < 1.29 is 14.3 Å². The van der Waals surface area contributed by atoms with Crippen molar-refractivity contribution in [2.45, 2.75) is 13.3 Å². The van der Waals surface area contributed by atoms with E-state index in [1.807, 2.05) is 49.4 Å². The topological polar surface area (TPSA) is 63.5 Å². The molecule has 0 unspecified atom stereocenters. The van der Waals surface area contributed by atoms with E-state index in [-0.39, 0.29) is 5.91 Å². The fourth-order valence-corrected chi connectivity index (χ4v) is 3.70. The van der Waals surface area contributed by atoms with Crippen molar-refractivity contribution in [2.75, 3.05) is 26.5 Å². The van der Waals surface area contributed by atoms with Gasteiger partial charge >= 0.3 is 0 Å². The van der Waals surface area contributed by atoms with E-state index in [0.29, 0.717) is 35.4 Å². The van der Waals surface area contributed by atoms with Crippen LogP contribution in [-0.2, 0) is 11.2 Å². The SMILES string of the molecule is COc1ccc(CCN2C(=O)CS/C2=N\N=C\c2ccccc2C)cc1OC. The largest absolute Gasteiger partial charge is 0.493 e. The van der Waals surface area contributed by atoms with Gasteiger partial charge in [-0.3, -0.25) is 9.69 Å². The van der Waals surface area contributed by atoms with Crippen LogP contribution >= 0.6 is 11.8 Å². The minimum Gasteiger partial charge on any atom is -0.493 e. The Hall–Kier alpha value is -2.80. The minimum atomic E-state index is 0.0512. The Bertz CT molecular complexity index is 912. The van der Waals surface area contributed by atoms with Gasteiger partial charge < -0.3 is 9.47 Å². The van der Waals surface area contributed by atoms with Gasteiger partial charge in [-0.25, -0.2) is 0 Å². The molecule has 0 bridgehead atoms. The molecule has 1 fully saturated rings. The molecular weight excluding hydrogens is 374 g/mol. The lowest BCUT2D eigenvalue weighted by Crippen LogP contribution is -2.31. The van der Waals surface area contributed by atoms with Gasteiger partial charge in [-0.2, -0.15) is 5.10 Å². The summed E-state index contributed by atoms with van der Waals surface area (Å²) in [5, 5.41) is 9.09. The number of methoxy groups -OCH3 is 2. The molecule has 1 amide bonds. The summed E-state index contributed by atoms with van der Waals surface area (Å²) >= 11 is 1.41. The Morgan fingerprint density at radius 3 is 2.68 bits per heavy atom. The van der Waals surface area contributed by atoms with E-state index < -0.39 is 0 Å². The van der Waals surface area contributed by atoms with E-state index >= 15 is 0 Å². The van der Waals surface area contributed by atoms with Gasteiger partial charge in [0.15, 0.2) is 16.7 Å². The second kappa shape index (κ2) is 9.41. The zero-order valence-corrected chi connectivity index (χ0v) is 17.0. The first kappa shape index (κ1) is 19.9. The molecule has 0 N–H and O–H groups in total. The number of aryl methyl sites for hydroxylation is 1. The second-order valence-corrected chi connectivity index (χ2v) is 7.20. The molecular formula is C21H23N3O3S. The highest BCUT2D eigenvalue weighted by molar-refractivity contribution is 8.15. The number of rotatable bonds is 7. The van der Waals surface area contributed by atoms with Gasteiger partial charge in [0.05, 0.1) is 26.2 Å². The first-order valence-electron chi connectivity index (χ1n) is 8.93. The molecule has 1 heterocycles. The molecule has 7 heteroatoms. The number of thioether (sulfide) groups is 1. The van der Waals surface area contributed by atoms with Gasteiger partial charge in [0.1, 0.15) is 0 Å². The van der Waals surface area contributed by atoms with Crippen molar-refractivity contribution in [3.63, 3.8) is 0 Å². The molecule has 1 saturated heterocycles. The van der Waals surface area contributed by atoms with E-state index in [1.54, 1.807) is 25.3 Å². The zero-order valence-electron chi connectivity index (χ0n) is 16.2. The molecule has 6 nitrogen and oxygen atoms in total. The maximum Gasteiger partial charge on any atom is 0.239 e. The molecule has 2 aromatic carbocycles. The van der Waals surface area contributed by atoms with E-state index in [9.17, 15) is 4.79 Å². The van der Waals surface area contributed by atoms with Crippen LogP contribution in [0.2, 0.25) is 0 Å². The van der Waals surface area contributed by atoms with Crippen LogP contribution in [0.5, 0.6) is 11.5 Å². The van der Waals surface area contributed by atoms with Crippen molar-refractivity contribution >= 4 is 29.1 Å². The lowest BCUT2D eigenvalue weighted by Gasteiger charge is -2.16. The van der Waals surface area contributed by atoms with Crippen molar-refractivity contribution in [1.29, 1.82) is 0 Å².